The molecule has 0 heterocycles. The average Bonchev–Trinajstić information content (AvgIpc) is 2.89. The Morgan fingerprint density at radius 3 is 2.60 bits per heavy atom. The number of aryl methyl sites for hydroxylation is 3. The molecule has 0 saturated heterocycles. The van der Waals surface area contributed by atoms with Gasteiger partial charge in [0, 0.05) is 4.47 Å². The molecule has 1 aliphatic rings. The summed E-state index contributed by atoms with van der Waals surface area (Å²) >= 11 is 3.71. The van der Waals surface area contributed by atoms with Crippen molar-refractivity contribution in [1.82, 2.24) is 5.32 Å². The highest BCUT2D eigenvalue weighted by Gasteiger charge is 2.18. The Balaban J connectivity index is 2.01. The zero-order valence-corrected chi connectivity index (χ0v) is 13.6. The quantitative estimate of drug-likeness (QED) is 0.870. The molecule has 1 N–H and O–H groups in total. The number of hydrogen-bond acceptors (Lipinski definition) is 1. The molecule has 0 aromatic heterocycles. The first-order chi connectivity index (χ1) is 9.69. The highest BCUT2D eigenvalue weighted by molar-refractivity contribution is 9.10. The van der Waals surface area contributed by atoms with E-state index in [1.54, 1.807) is 0 Å². The zero-order chi connectivity index (χ0) is 14.1. The predicted octanol–water partition coefficient (Wildman–Crippen LogP) is 4.56. The van der Waals surface area contributed by atoms with E-state index < -0.39 is 0 Å². The second-order valence-electron chi connectivity index (χ2n) is 5.63. The van der Waals surface area contributed by atoms with Gasteiger partial charge in [0.2, 0.25) is 0 Å². The van der Waals surface area contributed by atoms with Gasteiger partial charge in [0.1, 0.15) is 0 Å². The number of rotatable bonds is 3. The first-order valence-electron chi connectivity index (χ1n) is 7.24. The van der Waals surface area contributed by atoms with Gasteiger partial charge in [-0.3, -0.25) is 0 Å². The number of hydrogen-bond donors (Lipinski definition) is 1. The molecule has 20 heavy (non-hydrogen) atoms. The van der Waals surface area contributed by atoms with Crippen molar-refractivity contribution in [2.45, 2.75) is 32.2 Å². The fraction of sp³-hybridized carbons (Fsp3) is 0.333. The highest BCUT2D eigenvalue weighted by atomic mass is 79.9. The van der Waals surface area contributed by atoms with Gasteiger partial charge < -0.3 is 5.32 Å². The normalized spacial score (nSPS) is 15.2. The molecule has 0 aliphatic heterocycles. The fourth-order valence-electron chi connectivity index (χ4n) is 3.14. The second-order valence-corrected chi connectivity index (χ2v) is 6.48. The third kappa shape index (κ3) is 2.55. The summed E-state index contributed by atoms with van der Waals surface area (Å²) in [6.07, 6.45) is 3.78. The van der Waals surface area contributed by atoms with E-state index in [0.717, 1.165) is 0 Å². The van der Waals surface area contributed by atoms with Crippen LogP contribution in [0.4, 0.5) is 0 Å². The van der Waals surface area contributed by atoms with Crippen LogP contribution in [0.25, 0.3) is 0 Å². The van der Waals surface area contributed by atoms with Crippen molar-refractivity contribution < 1.29 is 0 Å². The lowest BCUT2D eigenvalue weighted by Crippen LogP contribution is -2.18. The van der Waals surface area contributed by atoms with Crippen LogP contribution >= 0.6 is 15.9 Å². The highest BCUT2D eigenvalue weighted by Crippen LogP contribution is 2.32. The van der Waals surface area contributed by atoms with Crippen LogP contribution < -0.4 is 5.32 Å². The van der Waals surface area contributed by atoms with Crippen LogP contribution in [-0.2, 0) is 12.8 Å². The van der Waals surface area contributed by atoms with E-state index in [0.29, 0.717) is 0 Å². The maximum Gasteiger partial charge on any atom is 0.0585 e. The molecule has 1 aliphatic carbocycles. The molecule has 3 rings (SSSR count). The lowest BCUT2D eigenvalue weighted by Gasteiger charge is -2.20. The van der Waals surface area contributed by atoms with Gasteiger partial charge in [-0.25, -0.2) is 0 Å². The Labute approximate surface area is 129 Å². The van der Waals surface area contributed by atoms with E-state index in [2.05, 4.69) is 64.6 Å². The van der Waals surface area contributed by atoms with Crippen molar-refractivity contribution in [1.29, 1.82) is 0 Å². The van der Waals surface area contributed by atoms with Crippen LogP contribution in [0.1, 0.15) is 40.3 Å². The minimum Gasteiger partial charge on any atom is -0.309 e. The molecule has 1 unspecified atom stereocenters. The average molecular weight is 330 g/mol. The van der Waals surface area contributed by atoms with E-state index in [1.807, 2.05) is 7.05 Å². The van der Waals surface area contributed by atoms with Crippen LogP contribution in [-0.4, -0.2) is 7.05 Å². The summed E-state index contributed by atoms with van der Waals surface area (Å²) in [5, 5.41) is 3.46. The van der Waals surface area contributed by atoms with Crippen LogP contribution in [0.2, 0.25) is 0 Å². The molecule has 1 atom stereocenters. The van der Waals surface area contributed by atoms with Gasteiger partial charge in [0.05, 0.1) is 6.04 Å². The summed E-state index contributed by atoms with van der Waals surface area (Å²) in [6.45, 7) is 2.12. The Bertz CT molecular complexity index is 633. The van der Waals surface area contributed by atoms with Gasteiger partial charge in [-0.05, 0) is 67.1 Å². The van der Waals surface area contributed by atoms with Gasteiger partial charge in [-0.2, -0.15) is 0 Å². The smallest absolute Gasteiger partial charge is 0.0585 e. The maximum absolute atomic E-state index is 3.71. The standard InChI is InChI=1S/C18H20BrN/c1-12-6-9-16(17(19)10-12)18(20-2)15-8-7-13-4-3-5-14(13)11-15/h6-11,18,20H,3-5H2,1-2H3. The molecule has 0 saturated carbocycles. The minimum absolute atomic E-state index is 0.246. The summed E-state index contributed by atoms with van der Waals surface area (Å²) < 4.78 is 1.18. The molecule has 0 fully saturated rings. The number of benzene rings is 2. The summed E-state index contributed by atoms with van der Waals surface area (Å²) in [5.74, 6) is 0. The molecule has 0 spiro atoms. The van der Waals surface area contributed by atoms with Crippen molar-refractivity contribution in [2.24, 2.45) is 0 Å². The molecule has 2 aromatic rings. The molecule has 2 aromatic carbocycles. The van der Waals surface area contributed by atoms with E-state index in [4.69, 9.17) is 0 Å². The van der Waals surface area contributed by atoms with Crippen molar-refractivity contribution in [2.75, 3.05) is 7.05 Å². The molecule has 0 amide bonds. The zero-order valence-electron chi connectivity index (χ0n) is 12.0. The molecular weight excluding hydrogens is 310 g/mol. The summed E-state index contributed by atoms with van der Waals surface area (Å²) in [5.41, 5.74) is 7.01. The van der Waals surface area contributed by atoms with E-state index in [1.165, 1.54) is 51.6 Å². The molecule has 1 nitrogen and oxygen atoms in total. The summed E-state index contributed by atoms with van der Waals surface area (Å²) in [6, 6.07) is 13.8. The molecule has 104 valence electrons. The first kappa shape index (κ1) is 13.8. The van der Waals surface area contributed by atoms with Crippen LogP contribution in [0.3, 0.4) is 0 Å². The van der Waals surface area contributed by atoms with Crippen LogP contribution in [0.15, 0.2) is 40.9 Å². The Morgan fingerprint density at radius 2 is 1.85 bits per heavy atom. The van der Waals surface area contributed by atoms with Crippen molar-refractivity contribution >= 4 is 15.9 Å². The van der Waals surface area contributed by atoms with E-state index in [9.17, 15) is 0 Å². The Kier molecular flexibility index (Phi) is 3.95. The van der Waals surface area contributed by atoms with Gasteiger partial charge in [-0.1, -0.05) is 46.3 Å². The SMILES string of the molecule is CNC(c1ccc2c(c1)CCC2)c1ccc(C)cc1Br. The molecular formula is C18H20BrN. The van der Waals surface area contributed by atoms with Gasteiger partial charge >= 0.3 is 0 Å². The second kappa shape index (κ2) is 5.71. The van der Waals surface area contributed by atoms with E-state index >= 15 is 0 Å². The van der Waals surface area contributed by atoms with Crippen molar-refractivity contribution in [3.8, 4) is 0 Å². The maximum atomic E-state index is 3.71. The van der Waals surface area contributed by atoms with Gasteiger partial charge in [-0.15, -0.1) is 0 Å². The fourth-order valence-corrected chi connectivity index (χ4v) is 3.86. The largest absolute Gasteiger partial charge is 0.309 e. The van der Waals surface area contributed by atoms with Crippen molar-refractivity contribution in [3.05, 3.63) is 68.7 Å². The van der Waals surface area contributed by atoms with Gasteiger partial charge in [0.15, 0.2) is 0 Å². The summed E-state index contributed by atoms with van der Waals surface area (Å²) in [4.78, 5) is 0. The molecule has 2 heteroatoms. The molecule has 0 radical (unpaired) electrons. The number of halogens is 1. The van der Waals surface area contributed by atoms with Crippen LogP contribution in [0.5, 0.6) is 0 Å². The lowest BCUT2D eigenvalue weighted by molar-refractivity contribution is 0.688. The first-order valence-corrected chi connectivity index (χ1v) is 8.03. The number of nitrogens with one attached hydrogen (secondary N) is 1. The minimum atomic E-state index is 0.246. The van der Waals surface area contributed by atoms with Crippen molar-refractivity contribution in [3.63, 3.8) is 0 Å². The van der Waals surface area contributed by atoms with Crippen LogP contribution in [0, 0.1) is 6.92 Å². The van der Waals surface area contributed by atoms with Gasteiger partial charge in [0.25, 0.3) is 0 Å². The summed E-state index contributed by atoms with van der Waals surface area (Å²) in [7, 11) is 2.03. The third-order valence-electron chi connectivity index (χ3n) is 4.21. The molecule has 0 bridgehead atoms. The topological polar surface area (TPSA) is 12.0 Å². The Morgan fingerprint density at radius 1 is 1.05 bits per heavy atom. The third-order valence-corrected chi connectivity index (χ3v) is 4.90. The van der Waals surface area contributed by atoms with E-state index in [-0.39, 0.29) is 6.04 Å². The Hall–Kier alpha value is -1.12. The lowest BCUT2D eigenvalue weighted by atomic mass is 9.95. The number of fused-ring (bicyclic) bond motifs is 1. The predicted molar refractivity (Wildman–Crippen MR) is 88.2 cm³/mol. The monoisotopic (exact) mass is 329 g/mol.